The monoisotopic (exact) mass is 230 g/mol. The van der Waals surface area contributed by atoms with Gasteiger partial charge in [-0.1, -0.05) is 12.1 Å². The fourth-order valence-electron chi connectivity index (χ4n) is 1.23. The van der Waals surface area contributed by atoms with Crippen LogP contribution in [-0.4, -0.2) is 11.1 Å². The zero-order valence-corrected chi connectivity index (χ0v) is 8.88. The van der Waals surface area contributed by atoms with E-state index in [1.165, 1.54) is 0 Å². The summed E-state index contributed by atoms with van der Waals surface area (Å²) < 4.78 is 0. The maximum atomic E-state index is 11.2. The Balaban J connectivity index is 2.26. The van der Waals surface area contributed by atoms with Gasteiger partial charge in [-0.3, -0.25) is 14.9 Å². The van der Waals surface area contributed by atoms with Crippen LogP contribution in [0.15, 0.2) is 29.2 Å². The molecule has 1 aliphatic rings. The van der Waals surface area contributed by atoms with Crippen molar-refractivity contribution in [2.75, 3.05) is 0 Å². The van der Waals surface area contributed by atoms with E-state index in [1.807, 2.05) is 6.07 Å². The third-order valence-electron chi connectivity index (χ3n) is 1.98. The van der Waals surface area contributed by atoms with Crippen LogP contribution in [0, 0.1) is 11.3 Å². The van der Waals surface area contributed by atoms with E-state index in [4.69, 9.17) is 5.26 Å². The van der Waals surface area contributed by atoms with Gasteiger partial charge >= 0.3 is 0 Å². The summed E-state index contributed by atoms with van der Waals surface area (Å²) >= 11 is 0.875. The van der Waals surface area contributed by atoms with Crippen molar-refractivity contribution >= 4 is 29.0 Å². The van der Waals surface area contributed by atoms with Crippen molar-refractivity contribution in [3.63, 3.8) is 0 Å². The minimum Gasteiger partial charge on any atom is -0.282 e. The number of amides is 2. The standard InChI is InChI=1S/C11H6N2O2S/c12-6-8-3-1-7(2-4-8)5-9-10(14)13-11(15)16-9/h1-5H,(H,13,14,15)/b9-5-. The van der Waals surface area contributed by atoms with Gasteiger partial charge in [-0.05, 0) is 35.5 Å². The molecule has 4 nitrogen and oxygen atoms in total. The van der Waals surface area contributed by atoms with Crippen LogP contribution < -0.4 is 5.32 Å². The summed E-state index contributed by atoms with van der Waals surface area (Å²) in [6.45, 7) is 0. The number of thioether (sulfide) groups is 1. The van der Waals surface area contributed by atoms with Crippen molar-refractivity contribution in [3.8, 4) is 6.07 Å². The van der Waals surface area contributed by atoms with Gasteiger partial charge in [0.25, 0.3) is 11.1 Å². The predicted molar refractivity (Wildman–Crippen MR) is 60.3 cm³/mol. The van der Waals surface area contributed by atoms with E-state index in [1.54, 1.807) is 30.3 Å². The summed E-state index contributed by atoms with van der Waals surface area (Å²) in [6.07, 6.45) is 1.62. The largest absolute Gasteiger partial charge is 0.290 e. The first-order valence-electron chi connectivity index (χ1n) is 4.44. The molecule has 1 aromatic rings. The lowest BCUT2D eigenvalue weighted by Crippen LogP contribution is -2.17. The van der Waals surface area contributed by atoms with E-state index in [0.29, 0.717) is 10.5 Å². The van der Waals surface area contributed by atoms with Crippen LogP contribution in [0.2, 0.25) is 0 Å². The molecular weight excluding hydrogens is 224 g/mol. The van der Waals surface area contributed by atoms with Crippen molar-refractivity contribution in [3.05, 3.63) is 40.3 Å². The van der Waals surface area contributed by atoms with Gasteiger partial charge in [0.2, 0.25) is 0 Å². The number of imide groups is 1. The van der Waals surface area contributed by atoms with Gasteiger partial charge in [0.15, 0.2) is 0 Å². The van der Waals surface area contributed by atoms with Crippen molar-refractivity contribution < 1.29 is 9.59 Å². The van der Waals surface area contributed by atoms with Crippen LogP contribution in [0.3, 0.4) is 0 Å². The summed E-state index contributed by atoms with van der Waals surface area (Å²) in [5, 5.41) is 10.4. The zero-order valence-electron chi connectivity index (χ0n) is 8.06. The van der Waals surface area contributed by atoms with E-state index >= 15 is 0 Å². The van der Waals surface area contributed by atoms with Gasteiger partial charge in [0.1, 0.15) is 0 Å². The third kappa shape index (κ3) is 2.12. The first-order valence-corrected chi connectivity index (χ1v) is 5.26. The van der Waals surface area contributed by atoms with Crippen LogP contribution >= 0.6 is 11.8 Å². The van der Waals surface area contributed by atoms with Gasteiger partial charge in [-0.2, -0.15) is 5.26 Å². The Labute approximate surface area is 95.9 Å². The lowest BCUT2D eigenvalue weighted by Gasteiger charge is -1.94. The number of carbonyl (C=O) groups excluding carboxylic acids is 2. The second-order valence-corrected chi connectivity index (χ2v) is 4.10. The first kappa shape index (κ1) is 10.5. The molecule has 1 fully saturated rings. The first-order chi connectivity index (χ1) is 7.69. The molecule has 0 unspecified atom stereocenters. The SMILES string of the molecule is N#Cc1ccc(/C=C2\SC(=O)NC2=O)cc1. The number of nitriles is 1. The maximum absolute atomic E-state index is 11.2. The Kier molecular flexibility index (Phi) is 2.75. The molecule has 0 spiro atoms. The summed E-state index contributed by atoms with van der Waals surface area (Å²) in [7, 11) is 0. The topological polar surface area (TPSA) is 70.0 Å². The maximum Gasteiger partial charge on any atom is 0.290 e. The Bertz CT molecular complexity index is 526. The summed E-state index contributed by atoms with van der Waals surface area (Å²) in [5.41, 5.74) is 1.34. The molecular formula is C11H6N2O2S. The van der Waals surface area contributed by atoms with Crippen molar-refractivity contribution in [1.29, 1.82) is 5.26 Å². The number of benzene rings is 1. The molecule has 0 radical (unpaired) electrons. The minimum atomic E-state index is -0.376. The number of carbonyl (C=O) groups is 2. The molecule has 1 aromatic carbocycles. The van der Waals surface area contributed by atoms with Crippen molar-refractivity contribution in [2.24, 2.45) is 0 Å². The number of nitrogens with zero attached hydrogens (tertiary/aromatic N) is 1. The van der Waals surface area contributed by atoms with Crippen LogP contribution in [0.4, 0.5) is 4.79 Å². The van der Waals surface area contributed by atoms with E-state index in [0.717, 1.165) is 17.3 Å². The summed E-state index contributed by atoms with van der Waals surface area (Å²) in [6, 6.07) is 8.77. The molecule has 1 N–H and O–H groups in total. The zero-order chi connectivity index (χ0) is 11.5. The highest BCUT2D eigenvalue weighted by Gasteiger charge is 2.24. The Hall–Kier alpha value is -2.06. The van der Waals surface area contributed by atoms with Crippen LogP contribution in [-0.2, 0) is 4.79 Å². The van der Waals surface area contributed by atoms with E-state index in [9.17, 15) is 9.59 Å². The van der Waals surface area contributed by atoms with Gasteiger partial charge in [-0.25, -0.2) is 0 Å². The van der Waals surface area contributed by atoms with E-state index in [2.05, 4.69) is 5.32 Å². The lowest BCUT2D eigenvalue weighted by atomic mass is 10.1. The summed E-state index contributed by atoms with van der Waals surface area (Å²) in [4.78, 5) is 22.5. The smallest absolute Gasteiger partial charge is 0.282 e. The quantitative estimate of drug-likeness (QED) is 0.748. The highest BCUT2D eigenvalue weighted by atomic mass is 32.2. The van der Waals surface area contributed by atoms with Gasteiger partial charge in [0, 0.05) is 0 Å². The van der Waals surface area contributed by atoms with Crippen LogP contribution in [0.5, 0.6) is 0 Å². The molecule has 1 aliphatic heterocycles. The molecule has 0 bridgehead atoms. The van der Waals surface area contributed by atoms with Gasteiger partial charge in [0.05, 0.1) is 16.5 Å². The second-order valence-electron chi connectivity index (χ2n) is 3.09. The van der Waals surface area contributed by atoms with Crippen LogP contribution in [0.1, 0.15) is 11.1 Å². The molecule has 0 saturated carbocycles. The molecule has 16 heavy (non-hydrogen) atoms. The fraction of sp³-hybridized carbons (Fsp3) is 0. The Morgan fingerprint density at radius 3 is 2.44 bits per heavy atom. The van der Waals surface area contributed by atoms with Crippen LogP contribution in [0.25, 0.3) is 6.08 Å². The van der Waals surface area contributed by atoms with E-state index < -0.39 is 0 Å². The Morgan fingerprint density at radius 2 is 1.94 bits per heavy atom. The fourth-order valence-corrected chi connectivity index (χ4v) is 1.91. The number of hydrogen-bond donors (Lipinski definition) is 1. The van der Waals surface area contributed by atoms with Crippen molar-refractivity contribution in [1.82, 2.24) is 5.32 Å². The minimum absolute atomic E-state index is 0.357. The molecule has 0 aliphatic carbocycles. The molecule has 2 rings (SSSR count). The van der Waals surface area contributed by atoms with Crippen molar-refractivity contribution in [2.45, 2.75) is 0 Å². The molecule has 2 amide bonds. The van der Waals surface area contributed by atoms with Gasteiger partial charge in [-0.15, -0.1) is 0 Å². The molecule has 5 heteroatoms. The molecule has 1 saturated heterocycles. The Morgan fingerprint density at radius 1 is 1.25 bits per heavy atom. The number of nitrogens with one attached hydrogen (secondary N) is 1. The highest BCUT2D eigenvalue weighted by Crippen LogP contribution is 2.25. The summed E-state index contributed by atoms with van der Waals surface area (Å²) in [5.74, 6) is -0.376. The highest BCUT2D eigenvalue weighted by molar-refractivity contribution is 8.18. The number of rotatable bonds is 1. The van der Waals surface area contributed by atoms with E-state index in [-0.39, 0.29) is 11.1 Å². The van der Waals surface area contributed by atoms with Gasteiger partial charge < -0.3 is 0 Å². The average molecular weight is 230 g/mol. The molecule has 0 atom stereocenters. The predicted octanol–water partition coefficient (Wildman–Crippen LogP) is 1.88. The average Bonchev–Trinajstić information content (AvgIpc) is 2.59. The second kappa shape index (κ2) is 4.21. The third-order valence-corrected chi connectivity index (χ3v) is 2.79. The molecule has 78 valence electrons. The number of hydrogen-bond acceptors (Lipinski definition) is 4. The molecule has 0 aromatic heterocycles. The normalized spacial score (nSPS) is 17.3. The lowest BCUT2D eigenvalue weighted by molar-refractivity contribution is -0.115. The molecule has 1 heterocycles.